The van der Waals surface area contributed by atoms with Gasteiger partial charge >= 0.3 is 12.0 Å². The van der Waals surface area contributed by atoms with Gasteiger partial charge in [-0.15, -0.1) is 0 Å². The molecule has 6 nitrogen and oxygen atoms in total. The molecule has 21 heavy (non-hydrogen) atoms. The van der Waals surface area contributed by atoms with Crippen LogP contribution in [0.25, 0.3) is 10.9 Å². The Labute approximate surface area is 125 Å². The van der Waals surface area contributed by atoms with E-state index in [0.29, 0.717) is 29.1 Å². The Morgan fingerprint density at radius 3 is 2.71 bits per heavy atom. The van der Waals surface area contributed by atoms with Crippen molar-refractivity contribution in [1.82, 2.24) is 10.3 Å². The Hall–Kier alpha value is -2.34. The van der Waals surface area contributed by atoms with Crippen LogP contribution in [-0.4, -0.2) is 27.6 Å². The van der Waals surface area contributed by atoms with Gasteiger partial charge in [0.2, 0.25) is 0 Å². The number of carbonyl (C=O) groups excluding carboxylic acids is 1. The molecule has 1 heterocycles. The van der Waals surface area contributed by atoms with Crippen molar-refractivity contribution in [3.05, 3.63) is 35.5 Å². The second-order valence-corrected chi connectivity index (χ2v) is 5.37. The number of carboxylic acids is 1. The number of nitrogens with one attached hydrogen (secondary N) is 2. The molecule has 1 aliphatic rings. The topological polar surface area (TPSA) is 91.3 Å². The van der Waals surface area contributed by atoms with E-state index < -0.39 is 17.5 Å². The summed E-state index contributed by atoms with van der Waals surface area (Å²) in [4.78, 5) is 27.2. The highest BCUT2D eigenvalue weighted by Gasteiger charge is 2.51. The molecule has 0 radical (unpaired) electrons. The lowest BCUT2D eigenvalue weighted by Gasteiger charge is -2.14. The van der Waals surface area contributed by atoms with Crippen LogP contribution in [0.3, 0.4) is 0 Å². The number of aliphatic carboxylic acids is 1. The van der Waals surface area contributed by atoms with Gasteiger partial charge in [-0.25, -0.2) is 9.59 Å². The number of carbonyl (C=O) groups is 2. The standard InChI is InChI=1S/C14H12ClN3O3/c15-9-3-4-10(11-8(9)2-1-7-16-11)17-13(21)18-14(5-6-14)12(19)20/h1-4,7H,5-6H2,(H,19,20)(H2,17,18,21). The molecule has 3 rings (SSSR count). The van der Waals surface area contributed by atoms with Gasteiger partial charge in [0.25, 0.3) is 0 Å². The molecule has 3 N–H and O–H groups in total. The van der Waals surface area contributed by atoms with Gasteiger partial charge in [0, 0.05) is 11.6 Å². The summed E-state index contributed by atoms with van der Waals surface area (Å²) in [5, 5.41) is 15.4. The molecule has 0 saturated heterocycles. The summed E-state index contributed by atoms with van der Waals surface area (Å²) in [6.07, 6.45) is 2.48. The molecule has 0 aliphatic heterocycles. The van der Waals surface area contributed by atoms with Gasteiger partial charge in [-0.3, -0.25) is 4.98 Å². The lowest BCUT2D eigenvalue weighted by Crippen LogP contribution is -2.45. The van der Waals surface area contributed by atoms with E-state index in [0.717, 1.165) is 5.39 Å². The molecule has 108 valence electrons. The smallest absolute Gasteiger partial charge is 0.329 e. The Bertz CT molecular complexity index is 743. The number of fused-ring (bicyclic) bond motifs is 1. The zero-order chi connectivity index (χ0) is 15.0. The van der Waals surface area contributed by atoms with Crippen molar-refractivity contribution in [2.24, 2.45) is 0 Å². The van der Waals surface area contributed by atoms with Crippen molar-refractivity contribution in [3.63, 3.8) is 0 Å². The maximum absolute atomic E-state index is 12.0. The van der Waals surface area contributed by atoms with Crippen LogP contribution in [0.1, 0.15) is 12.8 Å². The molecule has 7 heteroatoms. The molecular formula is C14H12ClN3O3. The van der Waals surface area contributed by atoms with Crippen molar-refractivity contribution in [3.8, 4) is 0 Å². The molecule has 0 atom stereocenters. The van der Waals surface area contributed by atoms with Crippen molar-refractivity contribution in [1.29, 1.82) is 0 Å². The van der Waals surface area contributed by atoms with Gasteiger partial charge in [-0.1, -0.05) is 11.6 Å². The van der Waals surface area contributed by atoms with E-state index in [1.165, 1.54) is 0 Å². The third-order valence-corrected chi connectivity index (χ3v) is 3.81. The molecule has 2 aromatic rings. The van der Waals surface area contributed by atoms with Crippen molar-refractivity contribution >= 4 is 40.2 Å². The van der Waals surface area contributed by atoms with E-state index in [9.17, 15) is 9.59 Å². The Kier molecular flexibility index (Phi) is 3.17. The number of urea groups is 1. The first-order chi connectivity index (χ1) is 10.0. The number of pyridine rings is 1. The molecule has 1 saturated carbocycles. The molecule has 1 aromatic heterocycles. The highest BCUT2D eigenvalue weighted by Crippen LogP contribution is 2.35. The lowest BCUT2D eigenvalue weighted by atomic mass is 10.2. The highest BCUT2D eigenvalue weighted by atomic mass is 35.5. The SMILES string of the molecule is O=C(Nc1ccc(Cl)c2cccnc12)NC1(C(=O)O)CC1. The second-order valence-electron chi connectivity index (χ2n) is 4.96. The number of hydrogen-bond acceptors (Lipinski definition) is 3. The highest BCUT2D eigenvalue weighted by molar-refractivity contribution is 6.35. The van der Waals surface area contributed by atoms with Crippen molar-refractivity contribution < 1.29 is 14.7 Å². The maximum atomic E-state index is 12.0. The average Bonchev–Trinajstić information content (AvgIpc) is 3.23. The van der Waals surface area contributed by atoms with Gasteiger partial charge in [-0.2, -0.15) is 0 Å². The number of amides is 2. The van der Waals surface area contributed by atoms with Crippen LogP contribution in [0, 0.1) is 0 Å². The number of rotatable bonds is 3. The minimum Gasteiger partial charge on any atom is -0.480 e. The zero-order valence-corrected chi connectivity index (χ0v) is 11.6. The maximum Gasteiger partial charge on any atom is 0.329 e. The predicted octanol–water partition coefficient (Wildman–Crippen LogP) is 2.63. The first-order valence-corrected chi connectivity index (χ1v) is 6.75. The number of nitrogens with zero attached hydrogens (tertiary/aromatic N) is 1. The van der Waals surface area contributed by atoms with Gasteiger partial charge < -0.3 is 15.7 Å². The molecule has 0 bridgehead atoms. The lowest BCUT2D eigenvalue weighted by molar-refractivity contribution is -0.140. The predicted molar refractivity (Wildman–Crippen MR) is 78.5 cm³/mol. The fraction of sp³-hybridized carbons (Fsp3) is 0.214. The Morgan fingerprint density at radius 2 is 2.05 bits per heavy atom. The van der Waals surface area contributed by atoms with Crippen molar-refractivity contribution in [2.75, 3.05) is 5.32 Å². The van der Waals surface area contributed by atoms with E-state index >= 15 is 0 Å². The zero-order valence-electron chi connectivity index (χ0n) is 10.9. The van der Waals surface area contributed by atoms with E-state index in [4.69, 9.17) is 16.7 Å². The van der Waals surface area contributed by atoms with Gasteiger partial charge in [0.1, 0.15) is 5.54 Å². The normalized spacial score (nSPS) is 15.5. The summed E-state index contributed by atoms with van der Waals surface area (Å²) >= 11 is 6.08. The number of hydrogen-bond donors (Lipinski definition) is 3. The van der Waals surface area contributed by atoms with Crippen molar-refractivity contribution in [2.45, 2.75) is 18.4 Å². The number of halogens is 1. The quantitative estimate of drug-likeness (QED) is 0.813. The van der Waals surface area contributed by atoms with Crippen LogP contribution in [0.15, 0.2) is 30.5 Å². The number of anilines is 1. The molecular weight excluding hydrogens is 294 g/mol. The fourth-order valence-corrected chi connectivity index (χ4v) is 2.34. The summed E-state index contributed by atoms with van der Waals surface area (Å²) < 4.78 is 0. The number of carboxylic acid groups (broad SMARTS) is 1. The monoisotopic (exact) mass is 305 g/mol. The Morgan fingerprint density at radius 1 is 1.29 bits per heavy atom. The number of aromatic nitrogens is 1. The third kappa shape index (κ3) is 2.50. The first-order valence-electron chi connectivity index (χ1n) is 6.38. The minimum absolute atomic E-state index is 0.440. The van der Waals surface area contributed by atoms with E-state index in [1.54, 1.807) is 30.5 Å². The second kappa shape index (κ2) is 4.89. The van der Waals surface area contributed by atoms with E-state index in [1.807, 2.05) is 0 Å². The molecule has 1 aromatic carbocycles. The minimum atomic E-state index is -1.13. The molecule has 0 spiro atoms. The Balaban J connectivity index is 1.84. The molecule has 1 aliphatic carbocycles. The summed E-state index contributed by atoms with van der Waals surface area (Å²) in [7, 11) is 0. The summed E-state index contributed by atoms with van der Waals surface area (Å²) in [5.41, 5.74) is -0.0891. The van der Waals surface area contributed by atoms with Gasteiger partial charge in [0.05, 0.1) is 16.2 Å². The van der Waals surface area contributed by atoms with Crippen LogP contribution in [0.5, 0.6) is 0 Å². The first kappa shape index (κ1) is 13.6. The fourth-order valence-electron chi connectivity index (χ4n) is 2.13. The van der Waals surface area contributed by atoms with Crippen LogP contribution in [0.2, 0.25) is 5.02 Å². The van der Waals surface area contributed by atoms with Crippen LogP contribution >= 0.6 is 11.6 Å². The van der Waals surface area contributed by atoms with E-state index in [2.05, 4.69) is 15.6 Å². The molecule has 1 fully saturated rings. The van der Waals surface area contributed by atoms with E-state index in [-0.39, 0.29) is 0 Å². The van der Waals surface area contributed by atoms with Crippen LogP contribution < -0.4 is 10.6 Å². The number of benzene rings is 1. The van der Waals surface area contributed by atoms with Crippen LogP contribution in [-0.2, 0) is 4.79 Å². The van der Waals surface area contributed by atoms with Crippen LogP contribution in [0.4, 0.5) is 10.5 Å². The molecule has 0 unspecified atom stereocenters. The van der Waals surface area contributed by atoms with Gasteiger partial charge in [-0.05, 0) is 37.1 Å². The average molecular weight is 306 g/mol. The van der Waals surface area contributed by atoms with Gasteiger partial charge in [0.15, 0.2) is 0 Å². The summed E-state index contributed by atoms with van der Waals surface area (Å²) in [5.74, 6) is -1.02. The summed E-state index contributed by atoms with van der Waals surface area (Å²) in [6, 6.07) is 6.28. The summed E-state index contributed by atoms with van der Waals surface area (Å²) in [6.45, 7) is 0. The third-order valence-electron chi connectivity index (χ3n) is 3.48. The molecule has 2 amide bonds. The largest absolute Gasteiger partial charge is 0.480 e.